The van der Waals surface area contributed by atoms with Crippen molar-refractivity contribution in [3.63, 3.8) is 0 Å². The minimum Gasteiger partial charge on any atom is -0.444 e. The van der Waals surface area contributed by atoms with E-state index in [0.29, 0.717) is 52.1 Å². The summed E-state index contributed by atoms with van der Waals surface area (Å²) >= 11 is 0. The first kappa shape index (κ1) is 21.5. The quantitative estimate of drug-likeness (QED) is 0.249. The van der Waals surface area contributed by atoms with Crippen molar-refractivity contribution in [1.82, 2.24) is 5.32 Å². The van der Waals surface area contributed by atoms with Crippen LogP contribution in [0.15, 0.2) is 5.11 Å². The van der Waals surface area contributed by atoms with Crippen molar-refractivity contribution in [3.05, 3.63) is 10.4 Å². The zero-order valence-electron chi connectivity index (χ0n) is 15.4. The molecule has 0 saturated heterocycles. The number of ether oxygens (including phenoxy) is 4. The van der Waals surface area contributed by atoms with E-state index in [-0.39, 0.29) is 12.1 Å². The second kappa shape index (κ2) is 11.9. The van der Waals surface area contributed by atoms with Gasteiger partial charge < -0.3 is 24.3 Å². The first-order valence-electron chi connectivity index (χ1n) is 8.64. The van der Waals surface area contributed by atoms with E-state index >= 15 is 0 Å². The summed E-state index contributed by atoms with van der Waals surface area (Å²) in [6.07, 6.45) is 1.48. The lowest BCUT2D eigenvalue weighted by Crippen LogP contribution is -2.47. The van der Waals surface area contributed by atoms with E-state index in [4.69, 9.17) is 24.5 Å². The minimum absolute atomic E-state index is 0.183. The molecule has 9 heteroatoms. The highest BCUT2D eigenvalue weighted by Crippen LogP contribution is 2.27. The number of nitrogens with zero attached hydrogens (tertiary/aromatic N) is 3. The number of hydrogen-bond acceptors (Lipinski definition) is 6. The van der Waals surface area contributed by atoms with Crippen LogP contribution in [0.1, 0.15) is 33.6 Å². The van der Waals surface area contributed by atoms with Crippen molar-refractivity contribution in [2.45, 2.75) is 45.3 Å². The lowest BCUT2D eigenvalue weighted by atomic mass is 9.81. The van der Waals surface area contributed by atoms with E-state index in [0.717, 1.165) is 12.8 Å². The van der Waals surface area contributed by atoms with Gasteiger partial charge in [0.25, 0.3) is 0 Å². The largest absolute Gasteiger partial charge is 0.444 e. The molecule has 1 saturated carbocycles. The van der Waals surface area contributed by atoms with Crippen molar-refractivity contribution in [3.8, 4) is 0 Å². The fourth-order valence-electron chi connectivity index (χ4n) is 2.30. The number of rotatable bonds is 12. The maximum atomic E-state index is 11.6. The number of alkyl carbamates (subject to hydrolysis) is 1. The van der Waals surface area contributed by atoms with Gasteiger partial charge >= 0.3 is 6.09 Å². The third-order valence-corrected chi connectivity index (χ3v) is 3.45. The smallest absolute Gasteiger partial charge is 0.407 e. The molecular weight excluding hydrogens is 328 g/mol. The van der Waals surface area contributed by atoms with E-state index in [1.165, 1.54) is 0 Å². The lowest BCUT2D eigenvalue weighted by molar-refractivity contribution is -0.00452. The summed E-state index contributed by atoms with van der Waals surface area (Å²) in [5.41, 5.74) is 7.62. The average Bonchev–Trinajstić information content (AvgIpc) is 2.47. The van der Waals surface area contributed by atoms with Gasteiger partial charge in [0.15, 0.2) is 0 Å². The highest BCUT2D eigenvalue weighted by atomic mass is 16.6. The van der Waals surface area contributed by atoms with Gasteiger partial charge in [0, 0.05) is 24.1 Å². The third-order valence-electron chi connectivity index (χ3n) is 3.45. The molecule has 0 spiro atoms. The SMILES string of the molecule is CC(C)(C)OC(=O)N[C@H]1C[C@H](COCCOCCOCCN=[N+]=[N-])C1. The molecule has 25 heavy (non-hydrogen) atoms. The fourth-order valence-corrected chi connectivity index (χ4v) is 2.30. The first-order chi connectivity index (χ1) is 11.9. The second-order valence-corrected chi connectivity index (χ2v) is 6.93. The molecule has 0 aliphatic heterocycles. The Kier molecular flexibility index (Phi) is 10.3. The van der Waals surface area contributed by atoms with Gasteiger partial charge in [-0.1, -0.05) is 5.11 Å². The Morgan fingerprint density at radius 3 is 2.32 bits per heavy atom. The van der Waals surface area contributed by atoms with Crippen molar-refractivity contribution in [1.29, 1.82) is 0 Å². The molecule has 1 aliphatic rings. The molecule has 0 unspecified atom stereocenters. The van der Waals surface area contributed by atoms with E-state index in [1.807, 2.05) is 20.8 Å². The van der Waals surface area contributed by atoms with Crippen molar-refractivity contribution in [2.75, 3.05) is 46.2 Å². The number of hydrogen-bond donors (Lipinski definition) is 1. The molecule has 1 amide bonds. The van der Waals surface area contributed by atoms with Crippen LogP contribution in [-0.2, 0) is 18.9 Å². The highest BCUT2D eigenvalue weighted by Gasteiger charge is 2.31. The summed E-state index contributed by atoms with van der Waals surface area (Å²) in [6.45, 7) is 9.00. The Labute approximate surface area is 149 Å². The van der Waals surface area contributed by atoms with E-state index in [9.17, 15) is 4.79 Å². The van der Waals surface area contributed by atoms with Crippen LogP contribution in [0, 0.1) is 5.92 Å². The van der Waals surface area contributed by atoms with Crippen molar-refractivity contribution >= 4 is 6.09 Å². The molecule has 9 nitrogen and oxygen atoms in total. The molecule has 0 aromatic rings. The van der Waals surface area contributed by atoms with Crippen LogP contribution in [0.5, 0.6) is 0 Å². The van der Waals surface area contributed by atoms with Gasteiger partial charge in [-0.2, -0.15) is 0 Å². The molecule has 0 heterocycles. The second-order valence-electron chi connectivity index (χ2n) is 6.93. The topological polar surface area (TPSA) is 115 Å². The Balaban J connectivity index is 1.85. The number of nitrogens with one attached hydrogen (secondary N) is 1. The van der Waals surface area contributed by atoms with Crippen LogP contribution < -0.4 is 5.32 Å². The molecule has 1 N–H and O–H groups in total. The van der Waals surface area contributed by atoms with E-state index < -0.39 is 5.60 Å². The average molecular weight is 358 g/mol. The molecule has 0 aromatic heterocycles. The lowest BCUT2D eigenvalue weighted by Gasteiger charge is -2.35. The number of carbonyl (C=O) groups excluding carboxylic acids is 1. The standard InChI is InChI=1S/C16H30N4O5/c1-16(2,3)25-15(21)19-14-10-13(11-14)12-24-9-8-23-7-6-22-5-4-18-20-17/h13-14H,4-12H2,1-3H3,(H,19,21)/t13-,14-. The first-order valence-corrected chi connectivity index (χ1v) is 8.64. The summed E-state index contributed by atoms with van der Waals surface area (Å²) in [7, 11) is 0. The molecule has 0 aromatic carbocycles. The Morgan fingerprint density at radius 2 is 1.72 bits per heavy atom. The van der Waals surface area contributed by atoms with Crippen LogP contribution >= 0.6 is 0 Å². The van der Waals surface area contributed by atoms with Gasteiger partial charge in [-0.25, -0.2) is 4.79 Å². The minimum atomic E-state index is -0.466. The van der Waals surface area contributed by atoms with Gasteiger partial charge in [-0.15, -0.1) is 0 Å². The van der Waals surface area contributed by atoms with Gasteiger partial charge in [-0.05, 0) is 45.1 Å². The van der Waals surface area contributed by atoms with Gasteiger partial charge in [-0.3, -0.25) is 0 Å². The molecule has 144 valence electrons. The normalized spacial score (nSPS) is 19.6. The van der Waals surface area contributed by atoms with E-state index in [1.54, 1.807) is 0 Å². The summed E-state index contributed by atoms with van der Waals surface area (Å²) < 4.78 is 21.4. The number of carbonyl (C=O) groups is 1. The Morgan fingerprint density at radius 1 is 1.12 bits per heavy atom. The third kappa shape index (κ3) is 11.6. The van der Waals surface area contributed by atoms with Crippen molar-refractivity contribution in [2.24, 2.45) is 11.0 Å². The molecule has 0 bridgehead atoms. The molecule has 1 aliphatic carbocycles. The maximum absolute atomic E-state index is 11.6. The summed E-state index contributed by atoms with van der Waals surface area (Å²) in [5, 5.41) is 6.23. The van der Waals surface area contributed by atoms with Gasteiger partial charge in [0.1, 0.15) is 5.60 Å². The van der Waals surface area contributed by atoms with Gasteiger partial charge in [0.05, 0.1) is 33.0 Å². The zero-order valence-corrected chi connectivity index (χ0v) is 15.4. The van der Waals surface area contributed by atoms with Crippen LogP contribution in [0.2, 0.25) is 0 Å². The van der Waals surface area contributed by atoms with Crippen molar-refractivity contribution < 1.29 is 23.7 Å². The predicted octanol–water partition coefficient (Wildman–Crippen LogP) is 2.65. The van der Waals surface area contributed by atoms with Crippen LogP contribution in [-0.4, -0.2) is 63.9 Å². The zero-order chi connectivity index (χ0) is 18.5. The molecule has 0 atom stereocenters. The monoisotopic (exact) mass is 358 g/mol. The maximum Gasteiger partial charge on any atom is 0.407 e. The molecule has 1 rings (SSSR count). The summed E-state index contributed by atoms with van der Waals surface area (Å²) in [4.78, 5) is 14.2. The Hall–Kier alpha value is -1.54. The predicted molar refractivity (Wildman–Crippen MR) is 92.4 cm³/mol. The van der Waals surface area contributed by atoms with Crippen LogP contribution in [0.3, 0.4) is 0 Å². The molecule has 1 fully saturated rings. The van der Waals surface area contributed by atoms with E-state index in [2.05, 4.69) is 15.3 Å². The van der Waals surface area contributed by atoms with Gasteiger partial charge in [0.2, 0.25) is 0 Å². The summed E-state index contributed by atoms with van der Waals surface area (Å²) in [5.74, 6) is 0.476. The molecular formula is C16H30N4O5. The van der Waals surface area contributed by atoms with Crippen LogP contribution in [0.4, 0.5) is 4.79 Å². The number of azide groups is 1. The number of amides is 1. The molecule has 0 radical (unpaired) electrons. The fraction of sp³-hybridized carbons (Fsp3) is 0.938. The highest BCUT2D eigenvalue weighted by molar-refractivity contribution is 5.68. The Bertz CT molecular complexity index is 429. The summed E-state index contributed by atoms with van der Waals surface area (Å²) in [6, 6.07) is 0.183. The van der Waals surface area contributed by atoms with Crippen LogP contribution in [0.25, 0.3) is 10.4 Å².